The molecule has 1 fully saturated rings. The molecule has 22 heavy (non-hydrogen) atoms. The third kappa shape index (κ3) is 3.47. The van der Waals surface area contributed by atoms with Crippen LogP contribution < -0.4 is 19.5 Å². The van der Waals surface area contributed by atoms with Crippen LogP contribution in [0.1, 0.15) is 6.42 Å². The Kier molecular flexibility index (Phi) is 4.57. The average Bonchev–Trinajstić information content (AvgIpc) is 2.76. The van der Waals surface area contributed by atoms with Crippen molar-refractivity contribution in [3.05, 3.63) is 17.9 Å². The number of amides is 1. The smallest absolute Gasteiger partial charge is 0.227 e. The summed E-state index contributed by atoms with van der Waals surface area (Å²) >= 11 is 0. The quantitative estimate of drug-likeness (QED) is 0.846. The highest BCUT2D eigenvalue weighted by Gasteiger charge is 2.34. The lowest BCUT2D eigenvalue weighted by Gasteiger charge is -2.20. The minimum Gasteiger partial charge on any atom is -0.494 e. The van der Waals surface area contributed by atoms with E-state index in [9.17, 15) is 17.6 Å². The van der Waals surface area contributed by atoms with E-state index in [1.165, 1.54) is 25.2 Å². The number of ether oxygens (including phenoxy) is 2. The number of nitrogens with two attached hydrogens (primary N) is 1. The molecule has 9 heteroatoms. The topological polar surface area (TPSA) is 98.9 Å². The fourth-order valence-electron chi connectivity index (χ4n) is 2.51. The van der Waals surface area contributed by atoms with Crippen LogP contribution in [0.2, 0.25) is 0 Å². The van der Waals surface area contributed by atoms with Crippen molar-refractivity contribution < 1.29 is 27.1 Å². The Bertz CT molecular complexity index is 692. The maximum absolute atomic E-state index is 13.9. The number of hydrogen-bond acceptors (Lipinski definition) is 5. The molecule has 1 saturated heterocycles. The Morgan fingerprint density at radius 1 is 1.32 bits per heavy atom. The van der Waals surface area contributed by atoms with Gasteiger partial charge in [0.15, 0.2) is 11.6 Å². The van der Waals surface area contributed by atoms with Gasteiger partial charge >= 0.3 is 0 Å². The van der Waals surface area contributed by atoms with Crippen LogP contribution in [0.3, 0.4) is 0 Å². The number of hydrogen-bond donors (Lipinski definition) is 1. The second kappa shape index (κ2) is 6.09. The van der Waals surface area contributed by atoms with E-state index in [1.807, 2.05) is 0 Å². The van der Waals surface area contributed by atoms with Crippen LogP contribution in [0.5, 0.6) is 11.5 Å². The van der Waals surface area contributed by atoms with Crippen molar-refractivity contribution in [1.82, 2.24) is 0 Å². The van der Waals surface area contributed by atoms with Gasteiger partial charge in [0.25, 0.3) is 0 Å². The first-order chi connectivity index (χ1) is 10.2. The van der Waals surface area contributed by atoms with Gasteiger partial charge in [-0.15, -0.1) is 0 Å². The summed E-state index contributed by atoms with van der Waals surface area (Å²) in [5.41, 5.74) is 0.239. The summed E-state index contributed by atoms with van der Waals surface area (Å²) in [6, 6.07) is 2.47. The lowest BCUT2D eigenvalue weighted by Crippen LogP contribution is -2.28. The Labute approximate surface area is 127 Å². The third-order valence-corrected chi connectivity index (χ3v) is 4.35. The summed E-state index contributed by atoms with van der Waals surface area (Å²) in [5, 5.41) is 5.00. The van der Waals surface area contributed by atoms with Crippen molar-refractivity contribution in [3.63, 3.8) is 0 Å². The number of carbonyl (C=O) groups is 1. The summed E-state index contributed by atoms with van der Waals surface area (Å²) in [4.78, 5) is 13.4. The number of nitrogens with zero attached hydrogens (tertiary/aromatic N) is 1. The summed E-state index contributed by atoms with van der Waals surface area (Å²) in [6.45, 7) is 0.136. The third-order valence-electron chi connectivity index (χ3n) is 3.42. The van der Waals surface area contributed by atoms with E-state index in [2.05, 4.69) is 0 Å². The molecule has 7 nitrogen and oxygen atoms in total. The number of rotatable bonds is 5. The van der Waals surface area contributed by atoms with Crippen molar-refractivity contribution in [1.29, 1.82) is 0 Å². The van der Waals surface area contributed by atoms with Crippen LogP contribution in [-0.2, 0) is 14.8 Å². The van der Waals surface area contributed by atoms with Gasteiger partial charge in [-0.3, -0.25) is 4.79 Å². The minimum absolute atomic E-state index is 0.00617. The first-order valence-electron chi connectivity index (χ1n) is 6.47. The Morgan fingerprint density at radius 3 is 2.50 bits per heavy atom. The molecule has 1 aromatic carbocycles. The standard InChI is InChI=1S/C13H17FN2O5S/c1-20-11-5-12(21-2)10(4-9(11)14)16-6-8(3-13(16)17)7-22(15,18)19/h4-5,8H,3,6-7H2,1-2H3,(H2,15,18,19). The molecule has 1 aliphatic heterocycles. The van der Waals surface area contributed by atoms with Crippen molar-refractivity contribution in [2.45, 2.75) is 6.42 Å². The minimum atomic E-state index is -3.68. The zero-order valence-electron chi connectivity index (χ0n) is 12.2. The molecule has 1 amide bonds. The van der Waals surface area contributed by atoms with Crippen LogP contribution >= 0.6 is 0 Å². The van der Waals surface area contributed by atoms with Crippen molar-refractivity contribution in [2.75, 3.05) is 31.4 Å². The molecule has 0 aromatic heterocycles. The number of primary sulfonamides is 1. The SMILES string of the molecule is COc1cc(OC)c(N2CC(CS(N)(=O)=O)CC2=O)cc1F. The second-order valence-electron chi connectivity index (χ2n) is 5.06. The van der Waals surface area contributed by atoms with Gasteiger partial charge in [-0.2, -0.15) is 0 Å². The molecule has 0 saturated carbocycles. The number of methoxy groups -OCH3 is 2. The Hall–Kier alpha value is -1.87. The number of anilines is 1. The lowest BCUT2D eigenvalue weighted by molar-refractivity contribution is -0.117. The Balaban J connectivity index is 2.32. The fourth-order valence-corrected chi connectivity index (χ4v) is 3.39. The Morgan fingerprint density at radius 2 is 1.95 bits per heavy atom. The van der Waals surface area contributed by atoms with Gasteiger partial charge in [0.2, 0.25) is 15.9 Å². The molecule has 1 aromatic rings. The van der Waals surface area contributed by atoms with E-state index in [0.717, 1.165) is 6.07 Å². The number of carbonyl (C=O) groups excluding carboxylic acids is 1. The summed E-state index contributed by atoms with van der Waals surface area (Å²) < 4.78 is 46.2. The van der Waals surface area contributed by atoms with Gasteiger partial charge < -0.3 is 14.4 Å². The lowest BCUT2D eigenvalue weighted by atomic mass is 10.1. The molecule has 1 heterocycles. The van der Waals surface area contributed by atoms with E-state index in [1.54, 1.807) is 0 Å². The summed E-state index contributed by atoms with van der Waals surface area (Å²) in [6.07, 6.45) is 0.0350. The number of benzene rings is 1. The average molecular weight is 332 g/mol. The van der Waals surface area contributed by atoms with E-state index < -0.39 is 21.8 Å². The van der Waals surface area contributed by atoms with Crippen LogP contribution in [0.15, 0.2) is 12.1 Å². The van der Waals surface area contributed by atoms with E-state index in [-0.39, 0.29) is 41.8 Å². The molecule has 0 bridgehead atoms. The molecule has 0 aliphatic carbocycles. The van der Waals surface area contributed by atoms with Gasteiger partial charge in [0.05, 0.1) is 25.7 Å². The van der Waals surface area contributed by atoms with Crippen molar-refractivity contribution >= 4 is 21.6 Å². The van der Waals surface area contributed by atoms with E-state index in [0.29, 0.717) is 0 Å². The zero-order chi connectivity index (χ0) is 16.5. The molecule has 1 aliphatic rings. The molecule has 2 rings (SSSR count). The first kappa shape index (κ1) is 16.5. The predicted octanol–water partition coefficient (Wildman–Crippen LogP) is 0.484. The van der Waals surface area contributed by atoms with Gasteiger partial charge in [-0.1, -0.05) is 0 Å². The van der Waals surface area contributed by atoms with Crippen molar-refractivity contribution in [2.24, 2.45) is 11.1 Å². The van der Waals surface area contributed by atoms with Gasteiger partial charge in [-0.25, -0.2) is 17.9 Å². The maximum Gasteiger partial charge on any atom is 0.227 e. The predicted molar refractivity (Wildman–Crippen MR) is 77.9 cm³/mol. The van der Waals surface area contributed by atoms with Gasteiger partial charge in [0, 0.05) is 31.0 Å². The van der Waals surface area contributed by atoms with Crippen LogP contribution in [-0.4, -0.2) is 40.8 Å². The van der Waals surface area contributed by atoms with E-state index >= 15 is 0 Å². The van der Waals surface area contributed by atoms with Crippen LogP contribution in [0.25, 0.3) is 0 Å². The van der Waals surface area contributed by atoms with E-state index in [4.69, 9.17) is 14.6 Å². The fraction of sp³-hybridized carbons (Fsp3) is 0.462. The largest absolute Gasteiger partial charge is 0.494 e. The highest BCUT2D eigenvalue weighted by atomic mass is 32.2. The molecule has 0 spiro atoms. The van der Waals surface area contributed by atoms with Gasteiger partial charge in [-0.05, 0) is 0 Å². The molecular formula is C13H17FN2O5S. The first-order valence-corrected chi connectivity index (χ1v) is 8.19. The molecule has 1 atom stereocenters. The second-order valence-corrected chi connectivity index (χ2v) is 6.72. The van der Waals surface area contributed by atoms with Crippen LogP contribution in [0.4, 0.5) is 10.1 Å². The molecular weight excluding hydrogens is 315 g/mol. The number of halogens is 1. The molecule has 1 unspecified atom stereocenters. The zero-order valence-corrected chi connectivity index (χ0v) is 13.0. The highest BCUT2D eigenvalue weighted by molar-refractivity contribution is 7.89. The van der Waals surface area contributed by atoms with Gasteiger partial charge in [0.1, 0.15) is 5.75 Å². The monoisotopic (exact) mass is 332 g/mol. The van der Waals surface area contributed by atoms with Crippen LogP contribution in [0, 0.1) is 11.7 Å². The summed E-state index contributed by atoms with van der Waals surface area (Å²) in [5.74, 6) is -1.41. The summed E-state index contributed by atoms with van der Waals surface area (Å²) in [7, 11) is -0.968. The normalized spacial score (nSPS) is 18.6. The molecule has 122 valence electrons. The maximum atomic E-state index is 13.9. The molecule has 0 radical (unpaired) electrons. The number of sulfonamides is 1. The highest BCUT2D eigenvalue weighted by Crippen LogP contribution is 2.37. The molecule has 2 N–H and O–H groups in total. The van der Waals surface area contributed by atoms with Crippen molar-refractivity contribution in [3.8, 4) is 11.5 Å².